The molecule has 0 saturated heterocycles. The lowest BCUT2D eigenvalue weighted by Crippen LogP contribution is -2.60. The Labute approximate surface area is 401 Å². The second-order valence-corrected chi connectivity index (χ2v) is 17.8. The maximum Gasteiger partial charge on any atom is 0.326 e. The van der Waals surface area contributed by atoms with Gasteiger partial charge in [-0.2, -0.15) is 0 Å². The first-order valence-electron chi connectivity index (χ1n) is 22.6. The summed E-state index contributed by atoms with van der Waals surface area (Å²) in [5.74, 6) is -11.8. The van der Waals surface area contributed by atoms with Crippen LogP contribution in [0.3, 0.4) is 0 Å². The van der Waals surface area contributed by atoms with Crippen molar-refractivity contribution in [2.45, 2.75) is 161 Å². The van der Waals surface area contributed by atoms with Gasteiger partial charge in [0.25, 0.3) is 0 Å². The molecular weight excluding hydrogens is 911 g/mol. The van der Waals surface area contributed by atoms with Crippen molar-refractivity contribution in [3.8, 4) is 0 Å². The van der Waals surface area contributed by atoms with Crippen molar-refractivity contribution in [3.05, 3.63) is 0 Å². The van der Waals surface area contributed by atoms with Crippen molar-refractivity contribution in [2.75, 3.05) is 13.2 Å². The van der Waals surface area contributed by atoms with Crippen LogP contribution in [0.4, 0.5) is 0 Å². The zero-order valence-corrected chi connectivity index (χ0v) is 40.6. The van der Waals surface area contributed by atoms with E-state index in [2.05, 4.69) is 47.5 Å². The van der Waals surface area contributed by atoms with Gasteiger partial charge in [0.2, 0.25) is 53.2 Å². The second-order valence-electron chi connectivity index (χ2n) is 17.8. The van der Waals surface area contributed by atoms with Crippen LogP contribution in [0.15, 0.2) is 4.99 Å². The summed E-state index contributed by atoms with van der Waals surface area (Å²) in [4.78, 5) is 145. The Morgan fingerprint density at radius 3 is 1.38 bits per heavy atom. The SMILES string of the molecule is CC(C)C[C@H](NC(=O)[C@H](CCC(N)=O)NC(=O)[C@H](C)NC(=O)[C@@H](NC(=O)[C@H](C)NC(=O)[C@H](CCC(=O)O)NC(=O)[C@H](CO)NC(=O)[C@H](CCCN=C(N)N)NC(=O)[C@@H](N)CC(C)C)C(C)C)C(=O)O. The predicted molar refractivity (Wildman–Crippen MR) is 248 cm³/mol. The van der Waals surface area contributed by atoms with Crippen molar-refractivity contribution in [1.82, 2.24) is 42.5 Å². The van der Waals surface area contributed by atoms with Crippen molar-refractivity contribution >= 4 is 71.1 Å². The molecule has 0 aliphatic heterocycles. The molecule has 19 N–H and O–H groups in total. The Balaban J connectivity index is 6.04. The lowest BCUT2D eigenvalue weighted by Gasteiger charge is -2.27. The molecule has 0 spiro atoms. The van der Waals surface area contributed by atoms with Crippen molar-refractivity contribution in [1.29, 1.82) is 0 Å². The van der Waals surface area contributed by atoms with Gasteiger partial charge in [0.1, 0.15) is 48.3 Å². The molecule has 0 rings (SSSR count). The van der Waals surface area contributed by atoms with E-state index in [4.69, 9.17) is 22.9 Å². The average Bonchev–Trinajstić information content (AvgIpc) is 3.23. The van der Waals surface area contributed by atoms with Gasteiger partial charge in [-0.05, 0) is 70.1 Å². The summed E-state index contributed by atoms with van der Waals surface area (Å²) in [6.45, 7) is 11.8. The molecule has 0 aliphatic carbocycles. The highest BCUT2D eigenvalue weighted by Gasteiger charge is 2.34. The predicted octanol–water partition coefficient (Wildman–Crippen LogP) is -4.76. The van der Waals surface area contributed by atoms with E-state index in [0.29, 0.717) is 0 Å². The molecule has 0 aliphatic rings. The minimum Gasteiger partial charge on any atom is -0.481 e. The van der Waals surface area contributed by atoms with Crippen LogP contribution in [0.1, 0.15) is 107 Å². The molecule has 27 heteroatoms. The number of primary amides is 1. The number of carboxylic acids is 2. The Bertz CT molecular complexity index is 1830. The van der Waals surface area contributed by atoms with E-state index in [-0.39, 0.29) is 62.9 Å². The molecule has 0 radical (unpaired) electrons. The largest absolute Gasteiger partial charge is 0.481 e. The number of amides is 9. The number of aliphatic hydroxyl groups is 1. The number of carbonyl (C=O) groups excluding carboxylic acids is 9. The van der Waals surface area contributed by atoms with Crippen LogP contribution in [-0.2, 0) is 52.7 Å². The number of aliphatic carboxylic acids is 2. The number of rotatable bonds is 33. The van der Waals surface area contributed by atoms with E-state index in [0.717, 1.165) is 0 Å². The lowest BCUT2D eigenvalue weighted by atomic mass is 10.0. The molecule has 0 aromatic carbocycles. The van der Waals surface area contributed by atoms with Gasteiger partial charge in [-0.25, -0.2) is 4.79 Å². The third kappa shape index (κ3) is 25.3. The maximum atomic E-state index is 13.5. The van der Waals surface area contributed by atoms with Gasteiger partial charge in [-0.3, -0.25) is 52.9 Å². The van der Waals surface area contributed by atoms with E-state index in [1.165, 1.54) is 13.8 Å². The number of guanidine groups is 1. The summed E-state index contributed by atoms with van der Waals surface area (Å²) in [5.41, 5.74) is 22.0. The molecule has 0 saturated carbocycles. The molecule has 0 aromatic rings. The zero-order chi connectivity index (χ0) is 53.3. The lowest BCUT2D eigenvalue weighted by molar-refractivity contribution is -0.143. The number of nitrogens with two attached hydrogens (primary N) is 4. The minimum atomic E-state index is -1.73. The first kappa shape index (κ1) is 62.4. The third-order valence-corrected chi connectivity index (χ3v) is 10.1. The normalized spacial score (nSPS) is 15.0. The number of hydrogen-bond donors (Lipinski definition) is 15. The summed E-state index contributed by atoms with van der Waals surface area (Å²) in [6.07, 6.45) is -1.32. The van der Waals surface area contributed by atoms with Gasteiger partial charge in [-0.1, -0.05) is 41.5 Å². The summed E-state index contributed by atoms with van der Waals surface area (Å²) in [6, 6.07) is -12.5. The molecule has 0 heterocycles. The van der Waals surface area contributed by atoms with E-state index in [1.807, 2.05) is 13.8 Å². The number of carbonyl (C=O) groups is 11. The third-order valence-electron chi connectivity index (χ3n) is 10.1. The smallest absolute Gasteiger partial charge is 0.326 e. The zero-order valence-electron chi connectivity index (χ0n) is 40.6. The molecule has 9 amide bonds. The van der Waals surface area contributed by atoms with Gasteiger partial charge < -0.3 is 80.8 Å². The number of carboxylic acid groups (broad SMARTS) is 2. The van der Waals surface area contributed by atoms with Crippen LogP contribution >= 0.6 is 0 Å². The van der Waals surface area contributed by atoms with Crippen molar-refractivity contribution in [2.24, 2.45) is 45.7 Å². The van der Waals surface area contributed by atoms with Crippen LogP contribution in [0.25, 0.3) is 0 Å². The van der Waals surface area contributed by atoms with Gasteiger partial charge in [0, 0.05) is 19.4 Å². The molecule has 27 nitrogen and oxygen atoms in total. The first-order valence-corrected chi connectivity index (χ1v) is 22.6. The van der Waals surface area contributed by atoms with E-state index >= 15 is 0 Å². The minimum absolute atomic E-state index is 0.0311. The molecule has 0 bridgehead atoms. The number of hydrogen-bond acceptors (Lipinski definition) is 14. The Hall–Kier alpha value is -6.64. The summed E-state index contributed by atoms with van der Waals surface area (Å²) in [7, 11) is 0. The van der Waals surface area contributed by atoms with E-state index in [9.17, 15) is 68.1 Å². The Morgan fingerprint density at radius 1 is 0.493 bits per heavy atom. The number of aliphatic hydroxyl groups excluding tert-OH is 1. The summed E-state index contributed by atoms with van der Waals surface area (Å²) < 4.78 is 0. The molecule has 0 fully saturated rings. The van der Waals surface area contributed by atoms with Crippen LogP contribution in [0.5, 0.6) is 0 Å². The van der Waals surface area contributed by atoms with Crippen molar-refractivity contribution < 1.29 is 68.1 Å². The highest BCUT2D eigenvalue weighted by Crippen LogP contribution is 2.10. The highest BCUT2D eigenvalue weighted by atomic mass is 16.4. The van der Waals surface area contributed by atoms with Gasteiger partial charge in [0.15, 0.2) is 5.96 Å². The van der Waals surface area contributed by atoms with Crippen LogP contribution in [-0.4, -0.2) is 154 Å². The fourth-order valence-corrected chi connectivity index (χ4v) is 6.32. The maximum absolute atomic E-state index is 13.5. The highest BCUT2D eigenvalue weighted by molar-refractivity contribution is 5.98. The number of nitrogens with zero attached hydrogens (tertiary/aromatic N) is 1. The average molecular weight is 986 g/mol. The Morgan fingerprint density at radius 2 is 0.913 bits per heavy atom. The number of nitrogens with one attached hydrogen (secondary N) is 8. The fraction of sp³-hybridized carbons (Fsp3) is 0.714. The van der Waals surface area contributed by atoms with Gasteiger partial charge >= 0.3 is 11.9 Å². The Kier molecular flexibility index (Phi) is 28.4. The van der Waals surface area contributed by atoms with E-state index in [1.54, 1.807) is 27.7 Å². The molecule has 0 aromatic heterocycles. The van der Waals surface area contributed by atoms with Gasteiger partial charge in [0.05, 0.1) is 12.6 Å². The van der Waals surface area contributed by atoms with E-state index < -0.39 is 145 Å². The molecule has 0 unspecified atom stereocenters. The van der Waals surface area contributed by atoms with Crippen LogP contribution in [0.2, 0.25) is 0 Å². The quantitative estimate of drug-likeness (QED) is 0.0167. The number of aliphatic imine (C=N–C) groups is 1. The van der Waals surface area contributed by atoms with Crippen molar-refractivity contribution in [3.63, 3.8) is 0 Å². The fourth-order valence-electron chi connectivity index (χ4n) is 6.32. The molecule has 69 heavy (non-hydrogen) atoms. The van der Waals surface area contributed by atoms with Crippen LogP contribution < -0.4 is 65.5 Å². The summed E-state index contributed by atoms with van der Waals surface area (Å²) in [5, 5.41) is 48.1. The van der Waals surface area contributed by atoms with Crippen LogP contribution in [0, 0.1) is 17.8 Å². The standard InChI is InChI=1S/C42H75N13O14/c1-19(2)16-24(43)35(62)51-25(10-9-15-47-42(45)46)37(64)54-29(18-56)39(66)52-27(12-14-31(58)59)36(63)48-23(8)34(61)55-32(21(5)6)40(67)49-22(7)33(60)50-26(11-13-30(44)57)38(65)53-28(41(68)69)17-20(3)4/h19-29,32,56H,9-18,43H2,1-8H3,(H2,44,57)(H,48,63)(H,49,67)(H,50,60)(H,51,62)(H,52,66)(H,53,65)(H,54,64)(H,55,61)(H,58,59)(H,68,69)(H4,45,46,47)/t22-,23-,24-,25-,26-,27-,28-,29-,32-/m0/s1. The first-order chi connectivity index (χ1) is 32.0. The van der Waals surface area contributed by atoms with Gasteiger partial charge in [-0.15, -0.1) is 0 Å². The second kappa shape index (κ2) is 31.4. The molecule has 9 atom stereocenters. The molecule has 392 valence electrons. The summed E-state index contributed by atoms with van der Waals surface area (Å²) >= 11 is 0. The monoisotopic (exact) mass is 986 g/mol. The topological polar surface area (TPSA) is 461 Å². The molecular formula is C42H75N13O14.